The molecule has 0 aromatic carbocycles. The lowest BCUT2D eigenvalue weighted by Crippen LogP contribution is -2.01. The molecule has 0 fully saturated rings. The number of hydrogen-bond acceptors (Lipinski definition) is 1. The van der Waals surface area contributed by atoms with Crippen molar-refractivity contribution in [1.29, 1.82) is 0 Å². The number of rotatable bonds is 2. The van der Waals surface area contributed by atoms with Gasteiger partial charge in [0.15, 0.2) is 0 Å². The maximum absolute atomic E-state index is 5.17. The van der Waals surface area contributed by atoms with Crippen molar-refractivity contribution in [3.8, 4) is 0 Å². The molecule has 2 heteroatoms. The van der Waals surface area contributed by atoms with Gasteiger partial charge in [-0.2, -0.15) is 0 Å². The summed E-state index contributed by atoms with van der Waals surface area (Å²) >= 11 is 0. The van der Waals surface area contributed by atoms with E-state index in [-0.39, 0.29) is 0 Å². The molecule has 2 N–H and O–H groups in total. The Morgan fingerprint density at radius 3 is 2.33 bits per heavy atom. The summed E-state index contributed by atoms with van der Waals surface area (Å²) in [6.45, 7) is 4.26. The maximum Gasteiger partial charge on any atom is 0.0137 e. The molecular weight excluding hydrogens is 93.0 g/mol. The number of nitrogens with two attached hydrogens (primary N) is 1. The van der Waals surface area contributed by atoms with Crippen molar-refractivity contribution in [3.05, 3.63) is 12.2 Å². The van der Waals surface area contributed by atoms with Crippen molar-refractivity contribution in [2.75, 3.05) is 12.7 Å². The van der Waals surface area contributed by atoms with Crippen LogP contribution in [0.3, 0.4) is 0 Å². The molecule has 0 spiro atoms. The van der Waals surface area contributed by atoms with Crippen LogP contribution >= 0.6 is 9.24 Å². The molecule has 0 saturated heterocycles. The Labute approximate surface area is 40.8 Å². The van der Waals surface area contributed by atoms with Crippen molar-refractivity contribution in [1.82, 2.24) is 0 Å². The Morgan fingerprint density at radius 2 is 2.33 bits per heavy atom. The van der Waals surface area contributed by atoms with Crippen LogP contribution in [0.15, 0.2) is 12.2 Å². The van der Waals surface area contributed by atoms with E-state index in [0.29, 0.717) is 6.54 Å². The third-order valence-electron chi connectivity index (χ3n) is 0.577. The Balaban J connectivity index is 2.99. The van der Waals surface area contributed by atoms with E-state index in [9.17, 15) is 0 Å². The van der Waals surface area contributed by atoms with Crippen LogP contribution in [0.2, 0.25) is 0 Å². The second-order valence-electron chi connectivity index (χ2n) is 1.16. The Kier molecular flexibility index (Phi) is 3.40. The van der Waals surface area contributed by atoms with Crippen molar-refractivity contribution < 1.29 is 0 Å². The van der Waals surface area contributed by atoms with Gasteiger partial charge in [0.05, 0.1) is 0 Å². The Bertz CT molecular complexity index is 45.5. The van der Waals surface area contributed by atoms with Crippen LogP contribution in [-0.4, -0.2) is 12.7 Å². The van der Waals surface area contributed by atoms with Gasteiger partial charge in [0.1, 0.15) is 0 Å². The van der Waals surface area contributed by atoms with E-state index in [0.717, 1.165) is 11.7 Å². The van der Waals surface area contributed by atoms with Crippen LogP contribution in [0.25, 0.3) is 0 Å². The van der Waals surface area contributed by atoms with Crippen molar-refractivity contribution >= 4 is 9.24 Å². The van der Waals surface area contributed by atoms with Gasteiger partial charge in [-0.15, -0.1) is 9.24 Å². The highest BCUT2D eigenvalue weighted by Gasteiger charge is 1.78. The van der Waals surface area contributed by atoms with E-state index in [1.54, 1.807) is 0 Å². The standard InChI is InChI=1S/C4H10NP/c1-4(2-5)3-6/h1-3,5-6H2. The lowest BCUT2D eigenvalue weighted by Gasteiger charge is -1.89. The fourth-order valence-electron chi connectivity index (χ4n) is 0.0833. The molecular formula is C4H10NP. The van der Waals surface area contributed by atoms with E-state index in [4.69, 9.17) is 5.73 Å². The van der Waals surface area contributed by atoms with Gasteiger partial charge in [0, 0.05) is 6.54 Å². The van der Waals surface area contributed by atoms with E-state index < -0.39 is 0 Å². The molecule has 0 heterocycles. The van der Waals surface area contributed by atoms with Gasteiger partial charge in [-0.25, -0.2) is 0 Å². The molecule has 6 heavy (non-hydrogen) atoms. The fraction of sp³-hybridized carbons (Fsp3) is 0.500. The molecule has 0 radical (unpaired) electrons. The SMILES string of the molecule is C=C(CN)CP. The summed E-state index contributed by atoms with van der Waals surface area (Å²) in [5, 5.41) is 0. The third-order valence-corrected chi connectivity index (χ3v) is 1.15. The summed E-state index contributed by atoms with van der Waals surface area (Å²) in [5.41, 5.74) is 6.25. The van der Waals surface area contributed by atoms with Gasteiger partial charge in [-0.05, 0) is 6.16 Å². The summed E-state index contributed by atoms with van der Waals surface area (Å²) in [5.74, 6) is 0. The smallest absolute Gasteiger partial charge is 0.0137 e. The molecule has 0 rings (SSSR count). The summed E-state index contributed by atoms with van der Waals surface area (Å²) < 4.78 is 0. The summed E-state index contributed by atoms with van der Waals surface area (Å²) in [6, 6.07) is 0. The first kappa shape index (κ1) is 6.13. The minimum atomic E-state index is 0.615. The lowest BCUT2D eigenvalue weighted by atomic mass is 10.4. The quantitative estimate of drug-likeness (QED) is 0.396. The molecule has 1 atom stereocenters. The molecule has 0 aliphatic rings. The van der Waals surface area contributed by atoms with Gasteiger partial charge in [0.2, 0.25) is 0 Å². The molecule has 1 unspecified atom stereocenters. The Morgan fingerprint density at radius 1 is 1.83 bits per heavy atom. The van der Waals surface area contributed by atoms with Crippen LogP contribution < -0.4 is 5.73 Å². The van der Waals surface area contributed by atoms with E-state index in [2.05, 4.69) is 15.8 Å². The summed E-state index contributed by atoms with van der Waals surface area (Å²) in [7, 11) is 2.56. The molecule has 0 aromatic rings. The zero-order valence-corrected chi connectivity index (χ0v) is 4.93. The topological polar surface area (TPSA) is 26.0 Å². The molecule has 0 aliphatic carbocycles. The summed E-state index contributed by atoms with van der Waals surface area (Å²) in [6.07, 6.45) is 0.927. The second-order valence-corrected chi connectivity index (χ2v) is 1.57. The minimum absolute atomic E-state index is 0.615. The first-order valence-corrected chi connectivity index (χ1v) is 2.69. The van der Waals surface area contributed by atoms with Gasteiger partial charge in [0.25, 0.3) is 0 Å². The van der Waals surface area contributed by atoms with Gasteiger partial charge < -0.3 is 5.73 Å². The monoisotopic (exact) mass is 103 g/mol. The minimum Gasteiger partial charge on any atom is -0.327 e. The molecule has 36 valence electrons. The lowest BCUT2D eigenvalue weighted by molar-refractivity contribution is 1.16. The van der Waals surface area contributed by atoms with Gasteiger partial charge in [-0.1, -0.05) is 12.2 Å². The normalized spacial score (nSPS) is 8.33. The molecule has 0 amide bonds. The van der Waals surface area contributed by atoms with Crippen LogP contribution in [0.5, 0.6) is 0 Å². The first-order chi connectivity index (χ1) is 2.81. The van der Waals surface area contributed by atoms with Crippen LogP contribution in [0.4, 0.5) is 0 Å². The van der Waals surface area contributed by atoms with E-state index in [1.807, 2.05) is 0 Å². The molecule has 0 bridgehead atoms. The van der Waals surface area contributed by atoms with Crippen LogP contribution in [-0.2, 0) is 0 Å². The average molecular weight is 103 g/mol. The molecule has 0 aliphatic heterocycles. The highest BCUT2D eigenvalue weighted by Crippen LogP contribution is 1.90. The fourth-order valence-corrected chi connectivity index (χ4v) is 0.250. The summed E-state index contributed by atoms with van der Waals surface area (Å²) in [4.78, 5) is 0. The molecule has 0 saturated carbocycles. The predicted octanol–water partition coefficient (Wildman–Crippen LogP) is 0.376. The van der Waals surface area contributed by atoms with Gasteiger partial charge >= 0.3 is 0 Å². The Hall–Kier alpha value is 0.130. The van der Waals surface area contributed by atoms with Crippen LogP contribution in [0, 0.1) is 0 Å². The zero-order chi connectivity index (χ0) is 4.99. The van der Waals surface area contributed by atoms with Crippen molar-refractivity contribution in [3.63, 3.8) is 0 Å². The molecule has 0 aromatic heterocycles. The van der Waals surface area contributed by atoms with E-state index in [1.165, 1.54) is 0 Å². The third kappa shape index (κ3) is 2.37. The molecule has 1 nitrogen and oxygen atoms in total. The largest absolute Gasteiger partial charge is 0.327 e. The van der Waals surface area contributed by atoms with Gasteiger partial charge in [-0.3, -0.25) is 0 Å². The first-order valence-electron chi connectivity index (χ1n) is 1.88. The maximum atomic E-state index is 5.17. The van der Waals surface area contributed by atoms with Crippen molar-refractivity contribution in [2.24, 2.45) is 5.73 Å². The second kappa shape index (κ2) is 3.32. The van der Waals surface area contributed by atoms with E-state index >= 15 is 0 Å². The average Bonchev–Trinajstić information content (AvgIpc) is 1.65. The van der Waals surface area contributed by atoms with Crippen molar-refractivity contribution in [2.45, 2.75) is 0 Å². The van der Waals surface area contributed by atoms with Crippen LogP contribution in [0.1, 0.15) is 0 Å². The highest BCUT2D eigenvalue weighted by molar-refractivity contribution is 7.16. The number of hydrogen-bond donors (Lipinski definition) is 1. The zero-order valence-electron chi connectivity index (χ0n) is 3.78. The predicted molar refractivity (Wildman–Crippen MR) is 32.8 cm³/mol. The highest BCUT2D eigenvalue weighted by atomic mass is 31.0.